The second kappa shape index (κ2) is 7.83. The highest BCUT2D eigenvalue weighted by molar-refractivity contribution is 7.99. The molecule has 0 aliphatic heterocycles. The minimum atomic E-state index is -0.0443. The number of carbonyl (C=O) groups excluding carboxylic acids is 1. The Labute approximate surface area is 144 Å². The number of thioether (sulfide) groups is 1. The third kappa shape index (κ3) is 4.05. The van der Waals surface area contributed by atoms with E-state index < -0.39 is 0 Å². The first-order valence-corrected chi connectivity index (χ1v) is 8.56. The number of rotatable bonds is 7. The van der Waals surface area contributed by atoms with Gasteiger partial charge in [-0.15, -0.1) is 10.2 Å². The number of nitrogens with zero attached hydrogens (tertiary/aromatic N) is 3. The molecule has 0 saturated carbocycles. The highest BCUT2D eigenvalue weighted by atomic mass is 32.2. The Bertz CT molecular complexity index is 784. The van der Waals surface area contributed by atoms with E-state index >= 15 is 0 Å². The minimum absolute atomic E-state index is 0.0443. The van der Waals surface area contributed by atoms with Gasteiger partial charge in [0.25, 0.3) is 0 Å². The minimum Gasteiger partial charge on any atom is -0.467 e. The summed E-state index contributed by atoms with van der Waals surface area (Å²) in [4.78, 5) is 11.5. The molecule has 3 aromatic rings. The summed E-state index contributed by atoms with van der Waals surface area (Å²) in [5.74, 6) is 1.93. The van der Waals surface area contributed by atoms with Crippen molar-refractivity contribution in [3.05, 3.63) is 65.9 Å². The van der Waals surface area contributed by atoms with Crippen LogP contribution >= 0.6 is 11.8 Å². The van der Waals surface area contributed by atoms with E-state index in [1.807, 2.05) is 34.9 Å². The van der Waals surface area contributed by atoms with Crippen LogP contribution in [0.4, 0.5) is 0 Å². The summed E-state index contributed by atoms with van der Waals surface area (Å²) in [7, 11) is 1.62. The Morgan fingerprint density at radius 2 is 2.04 bits per heavy atom. The van der Waals surface area contributed by atoms with Crippen LogP contribution in [0.1, 0.15) is 17.1 Å². The molecule has 1 amide bonds. The van der Waals surface area contributed by atoms with Crippen molar-refractivity contribution < 1.29 is 9.21 Å². The summed E-state index contributed by atoms with van der Waals surface area (Å²) in [6.45, 7) is 0.540. The van der Waals surface area contributed by atoms with Crippen LogP contribution in [-0.4, -0.2) is 33.5 Å². The predicted octanol–water partition coefficient (Wildman–Crippen LogP) is 2.35. The van der Waals surface area contributed by atoms with E-state index in [9.17, 15) is 4.79 Å². The van der Waals surface area contributed by atoms with Gasteiger partial charge in [0.1, 0.15) is 11.6 Å². The lowest BCUT2D eigenvalue weighted by molar-refractivity contribution is -0.118. The number of aromatic nitrogens is 3. The fourth-order valence-corrected chi connectivity index (χ4v) is 3.08. The van der Waals surface area contributed by atoms with Crippen LogP contribution in [0, 0.1) is 0 Å². The summed E-state index contributed by atoms with van der Waals surface area (Å²) in [6.07, 6.45) is 2.32. The van der Waals surface area contributed by atoms with Crippen LogP contribution in [0.15, 0.2) is 58.3 Å². The van der Waals surface area contributed by atoms with Crippen LogP contribution in [0.2, 0.25) is 0 Å². The fraction of sp³-hybridized carbons (Fsp3) is 0.235. The molecule has 1 aromatic carbocycles. The van der Waals surface area contributed by atoms with Gasteiger partial charge in [0.05, 0.1) is 18.6 Å². The van der Waals surface area contributed by atoms with Crippen LogP contribution in [-0.2, 0) is 17.8 Å². The largest absolute Gasteiger partial charge is 0.467 e. The van der Waals surface area contributed by atoms with Gasteiger partial charge in [-0.25, -0.2) is 0 Å². The quantitative estimate of drug-likeness (QED) is 0.667. The van der Waals surface area contributed by atoms with Crippen molar-refractivity contribution in [2.24, 2.45) is 0 Å². The Hall–Kier alpha value is -2.54. The van der Waals surface area contributed by atoms with Crippen LogP contribution < -0.4 is 5.32 Å². The molecule has 0 fully saturated rings. The van der Waals surface area contributed by atoms with Crippen LogP contribution in [0.3, 0.4) is 0 Å². The number of benzene rings is 1. The van der Waals surface area contributed by atoms with Crippen molar-refractivity contribution in [1.82, 2.24) is 20.1 Å². The Kier molecular flexibility index (Phi) is 5.32. The monoisotopic (exact) mass is 342 g/mol. The van der Waals surface area contributed by atoms with Gasteiger partial charge >= 0.3 is 0 Å². The fourth-order valence-electron chi connectivity index (χ4n) is 2.25. The maximum absolute atomic E-state index is 11.5. The highest BCUT2D eigenvalue weighted by Gasteiger charge is 2.15. The molecule has 0 aliphatic rings. The standard InChI is InChI=1S/C17H18N4O2S/c1-18-16(22)12-24-17-20-19-15(10-13-6-3-2-4-7-13)21(17)11-14-8-5-9-23-14/h2-9H,10-12H2,1H3,(H,18,22). The lowest BCUT2D eigenvalue weighted by Gasteiger charge is -2.08. The van der Waals surface area contributed by atoms with Gasteiger partial charge in [-0.2, -0.15) is 0 Å². The molecular formula is C17H18N4O2S. The smallest absolute Gasteiger partial charge is 0.230 e. The van der Waals surface area contributed by atoms with E-state index in [0.717, 1.165) is 17.1 Å². The summed E-state index contributed by atoms with van der Waals surface area (Å²) < 4.78 is 7.45. The van der Waals surface area contributed by atoms with Crippen molar-refractivity contribution >= 4 is 17.7 Å². The van der Waals surface area contributed by atoms with Gasteiger partial charge in [0.2, 0.25) is 5.91 Å². The van der Waals surface area contributed by atoms with Crippen molar-refractivity contribution in [2.45, 2.75) is 18.1 Å². The lowest BCUT2D eigenvalue weighted by Crippen LogP contribution is -2.20. The zero-order valence-corrected chi connectivity index (χ0v) is 14.1. The lowest BCUT2D eigenvalue weighted by atomic mass is 10.1. The maximum Gasteiger partial charge on any atom is 0.230 e. The maximum atomic E-state index is 11.5. The summed E-state index contributed by atoms with van der Waals surface area (Å²) in [5.41, 5.74) is 1.16. The highest BCUT2D eigenvalue weighted by Crippen LogP contribution is 2.20. The second-order valence-electron chi connectivity index (χ2n) is 5.19. The molecule has 6 nitrogen and oxygen atoms in total. The first-order valence-electron chi connectivity index (χ1n) is 7.58. The first kappa shape index (κ1) is 16.3. The van der Waals surface area contributed by atoms with E-state index in [1.165, 1.54) is 11.8 Å². The van der Waals surface area contributed by atoms with Gasteiger partial charge in [0, 0.05) is 13.5 Å². The van der Waals surface area contributed by atoms with E-state index in [-0.39, 0.29) is 5.91 Å². The van der Waals surface area contributed by atoms with Crippen molar-refractivity contribution in [1.29, 1.82) is 0 Å². The van der Waals surface area contributed by atoms with E-state index in [1.54, 1.807) is 13.3 Å². The number of hydrogen-bond donors (Lipinski definition) is 1. The summed E-state index contributed by atoms with van der Waals surface area (Å²) in [5, 5.41) is 11.9. The number of furan rings is 1. The van der Waals surface area contributed by atoms with Crippen LogP contribution in [0.25, 0.3) is 0 Å². The molecule has 0 bridgehead atoms. The van der Waals surface area contributed by atoms with E-state index in [0.29, 0.717) is 23.9 Å². The SMILES string of the molecule is CNC(=O)CSc1nnc(Cc2ccccc2)n1Cc1ccco1. The summed E-state index contributed by atoms with van der Waals surface area (Å²) >= 11 is 1.37. The Morgan fingerprint density at radius 1 is 1.21 bits per heavy atom. The van der Waals surface area contributed by atoms with Gasteiger partial charge in [-0.1, -0.05) is 42.1 Å². The number of nitrogens with one attached hydrogen (secondary N) is 1. The van der Waals surface area contributed by atoms with Crippen molar-refractivity contribution in [3.63, 3.8) is 0 Å². The van der Waals surface area contributed by atoms with Gasteiger partial charge in [-0.05, 0) is 17.7 Å². The molecule has 0 saturated heterocycles. The third-order valence-electron chi connectivity index (χ3n) is 3.50. The molecular weight excluding hydrogens is 324 g/mol. The molecule has 3 rings (SSSR count). The normalized spacial score (nSPS) is 10.7. The van der Waals surface area contributed by atoms with Crippen molar-refractivity contribution in [2.75, 3.05) is 12.8 Å². The zero-order chi connectivity index (χ0) is 16.8. The number of carbonyl (C=O) groups is 1. The molecule has 24 heavy (non-hydrogen) atoms. The Morgan fingerprint density at radius 3 is 2.75 bits per heavy atom. The molecule has 0 unspecified atom stereocenters. The molecule has 0 radical (unpaired) electrons. The van der Waals surface area contributed by atoms with Gasteiger partial charge in [-0.3, -0.25) is 9.36 Å². The molecule has 0 spiro atoms. The average molecular weight is 342 g/mol. The Balaban J connectivity index is 1.84. The molecule has 0 aliphatic carbocycles. The second-order valence-corrected chi connectivity index (χ2v) is 6.13. The molecule has 0 atom stereocenters. The van der Waals surface area contributed by atoms with Crippen LogP contribution in [0.5, 0.6) is 0 Å². The average Bonchev–Trinajstić information content (AvgIpc) is 3.25. The summed E-state index contributed by atoms with van der Waals surface area (Å²) in [6, 6.07) is 13.9. The van der Waals surface area contributed by atoms with Gasteiger partial charge in [0.15, 0.2) is 5.16 Å². The van der Waals surface area contributed by atoms with Gasteiger partial charge < -0.3 is 9.73 Å². The molecule has 7 heteroatoms. The van der Waals surface area contributed by atoms with Crippen molar-refractivity contribution in [3.8, 4) is 0 Å². The molecule has 1 N–H and O–H groups in total. The zero-order valence-electron chi connectivity index (χ0n) is 13.3. The third-order valence-corrected chi connectivity index (χ3v) is 4.47. The predicted molar refractivity (Wildman–Crippen MR) is 91.9 cm³/mol. The van der Waals surface area contributed by atoms with E-state index in [2.05, 4.69) is 27.6 Å². The first-order chi connectivity index (χ1) is 11.8. The number of amides is 1. The molecule has 2 aromatic heterocycles. The molecule has 2 heterocycles. The topological polar surface area (TPSA) is 73.0 Å². The van der Waals surface area contributed by atoms with E-state index in [4.69, 9.17) is 4.42 Å². The number of hydrogen-bond acceptors (Lipinski definition) is 5. The molecule has 124 valence electrons.